The molecule has 11 heteroatoms. The Labute approximate surface area is 380 Å². The molecule has 0 unspecified atom stereocenters. The zero-order chi connectivity index (χ0) is 46.2. The lowest BCUT2D eigenvalue weighted by Crippen LogP contribution is -2.14. The largest absolute Gasteiger partial charge is 0.455 e. The van der Waals surface area contributed by atoms with E-state index in [1.807, 2.05) is 130 Å². The van der Waals surface area contributed by atoms with Crippen molar-refractivity contribution < 1.29 is 35.2 Å². The molecule has 5 nitrogen and oxygen atoms in total. The summed E-state index contributed by atoms with van der Waals surface area (Å²) in [4.78, 5) is 0. The molecule has 13 rings (SSSR count). The first-order valence-electron chi connectivity index (χ1n) is 21.6. The lowest BCUT2D eigenvalue weighted by molar-refractivity contribution is -0.142. The maximum absolute atomic E-state index is 15.0. The van der Waals surface area contributed by atoms with Crippen molar-refractivity contribution in [1.82, 2.24) is 9.13 Å². The molecule has 0 fully saturated rings. The first-order valence-corrected chi connectivity index (χ1v) is 21.6. The van der Waals surface area contributed by atoms with E-state index < -0.39 is 29.0 Å². The Balaban J connectivity index is 1.18. The summed E-state index contributed by atoms with van der Waals surface area (Å²) in [6, 6.07) is 52.4. The molecule has 0 aliphatic carbocycles. The van der Waals surface area contributed by atoms with Crippen molar-refractivity contribution in [3.05, 3.63) is 193 Å². The fourth-order valence-electron chi connectivity index (χ4n) is 10.4. The SMILES string of the molecule is N#Cc1ccc(-n2c3ccccc3c3c4oc5ccccc5c4ccc32)c(-c2cc(-c3c(C(F)(F)F)cccc3C(F)(F)F)ccc2-n2c3ccccc3c3c4oc5ccccc5c4ccc32)c1. The predicted molar refractivity (Wildman–Crippen MR) is 255 cm³/mol. The number of benzene rings is 9. The highest BCUT2D eigenvalue weighted by Gasteiger charge is 2.41. The van der Waals surface area contributed by atoms with Gasteiger partial charge in [0, 0.05) is 49.0 Å². The second-order valence-electron chi connectivity index (χ2n) is 16.9. The van der Waals surface area contributed by atoms with Gasteiger partial charge in [0.1, 0.15) is 22.3 Å². The summed E-state index contributed by atoms with van der Waals surface area (Å²) in [5.41, 5.74) is 3.17. The van der Waals surface area contributed by atoms with Gasteiger partial charge in [0.2, 0.25) is 0 Å². The average molecular weight is 902 g/mol. The van der Waals surface area contributed by atoms with Crippen LogP contribution in [0.3, 0.4) is 0 Å². The number of nitrogens with zero attached hydrogens (tertiary/aromatic N) is 3. The normalized spacial score (nSPS) is 12.5. The Morgan fingerprint density at radius 3 is 1.37 bits per heavy atom. The van der Waals surface area contributed by atoms with Crippen LogP contribution in [-0.4, -0.2) is 9.13 Å². The number of rotatable bonds is 4. The molecule has 0 aliphatic rings. The summed E-state index contributed by atoms with van der Waals surface area (Å²) in [7, 11) is 0. The zero-order valence-electron chi connectivity index (χ0n) is 35.2. The van der Waals surface area contributed by atoms with Gasteiger partial charge in [-0.1, -0.05) is 84.9 Å². The lowest BCUT2D eigenvalue weighted by Gasteiger charge is -2.22. The zero-order valence-corrected chi connectivity index (χ0v) is 35.2. The van der Waals surface area contributed by atoms with Crippen molar-refractivity contribution in [3.8, 4) is 39.7 Å². The molecule has 0 N–H and O–H groups in total. The Morgan fingerprint density at radius 1 is 0.412 bits per heavy atom. The van der Waals surface area contributed by atoms with Gasteiger partial charge in [-0.05, 0) is 96.6 Å². The van der Waals surface area contributed by atoms with Crippen LogP contribution in [0.15, 0.2) is 185 Å². The van der Waals surface area contributed by atoms with Crippen molar-refractivity contribution in [2.24, 2.45) is 0 Å². The quantitative estimate of drug-likeness (QED) is 0.165. The molecule has 0 amide bonds. The second-order valence-corrected chi connectivity index (χ2v) is 16.9. The number of hydrogen-bond donors (Lipinski definition) is 0. The highest BCUT2D eigenvalue weighted by atomic mass is 19.4. The van der Waals surface area contributed by atoms with E-state index in [2.05, 4.69) is 6.07 Å². The van der Waals surface area contributed by atoms with Gasteiger partial charge in [-0.3, -0.25) is 0 Å². The minimum absolute atomic E-state index is 0.221. The summed E-state index contributed by atoms with van der Waals surface area (Å²) < 4.78 is 107. The number of nitriles is 1. The van der Waals surface area contributed by atoms with Gasteiger partial charge in [-0.2, -0.15) is 31.6 Å². The molecular formula is C57H29F6N3O2. The molecule has 9 aromatic carbocycles. The predicted octanol–water partition coefficient (Wildman–Crippen LogP) is 16.9. The van der Waals surface area contributed by atoms with Crippen molar-refractivity contribution >= 4 is 87.5 Å². The van der Waals surface area contributed by atoms with Crippen molar-refractivity contribution in [3.63, 3.8) is 0 Å². The number of aromatic nitrogens is 2. The molecule has 0 atom stereocenters. The van der Waals surface area contributed by atoms with Gasteiger partial charge >= 0.3 is 12.4 Å². The summed E-state index contributed by atoms with van der Waals surface area (Å²) in [5, 5.41) is 17.4. The number of hydrogen-bond acceptors (Lipinski definition) is 3. The minimum Gasteiger partial charge on any atom is -0.455 e. The number of halogens is 6. The summed E-state index contributed by atoms with van der Waals surface area (Å²) in [5.74, 6) is 0. The number of furan rings is 2. The monoisotopic (exact) mass is 901 g/mol. The van der Waals surface area contributed by atoms with Gasteiger partial charge in [0.15, 0.2) is 0 Å². The maximum atomic E-state index is 15.0. The van der Waals surface area contributed by atoms with Crippen LogP contribution >= 0.6 is 0 Å². The third-order valence-corrected chi connectivity index (χ3v) is 13.2. The Hall–Kier alpha value is -8.75. The van der Waals surface area contributed by atoms with E-state index in [1.165, 1.54) is 12.1 Å². The fourth-order valence-corrected chi connectivity index (χ4v) is 10.4. The Kier molecular flexibility index (Phi) is 8.23. The standard InChI is InChI=1S/C57H29F6N3O2/c58-56(59,60)41-14-9-15-42(57(61,62)63)51(41)32-21-25-46(66-44-17-6-2-13-38(44)53-48(66)27-23-36-34-11-4-8-19-50(34)68-55(36)53)40(29-32)39-28-31(30-64)20-24-45(39)65-43-16-5-1-12-37(43)52-47(65)26-22-35-33-10-3-7-18-49(33)67-54(35)52/h1-29H. The Morgan fingerprint density at radius 2 is 0.868 bits per heavy atom. The number of para-hydroxylation sites is 4. The molecule has 0 bridgehead atoms. The van der Waals surface area contributed by atoms with E-state index in [1.54, 1.807) is 24.3 Å². The fraction of sp³-hybridized carbons (Fsp3) is 0.0351. The molecule has 0 aliphatic heterocycles. The molecule has 326 valence electrons. The van der Waals surface area contributed by atoms with E-state index >= 15 is 0 Å². The van der Waals surface area contributed by atoms with Crippen LogP contribution in [0, 0.1) is 11.3 Å². The first-order chi connectivity index (χ1) is 33.0. The Bertz CT molecular complexity index is 4300. The molecule has 68 heavy (non-hydrogen) atoms. The van der Waals surface area contributed by atoms with Gasteiger partial charge in [-0.15, -0.1) is 0 Å². The van der Waals surface area contributed by atoms with Crippen LogP contribution in [-0.2, 0) is 12.4 Å². The van der Waals surface area contributed by atoms with Crippen LogP contribution in [0.2, 0.25) is 0 Å². The van der Waals surface area contributed by atoms with E-state index in [-0.39, 0.29) is 16.7 Å². The van der Waals surface area contributed by atoms with Crippen LogP contribution in [0.5, 0.6) is 0 Å². The third-order valence-electron chi connectivity index (χ3n) is 13.2. The molecule has 4 heterocycles. The summed E-state index contributed by atoms with van der Waals surface area (Å²) >= 11 is 0. The molecule has 13 aromatic rings. The molecule has 0 saturated carbocycles. The molecule has 0 spiro atoms. The van der Waals surface area contributed by atoms with Crippen LogP contribution in [0.4, 0.5) is 26.3 Å². The smallest absolute Gasteiger partial charge is 0.417 e. The van der Waals surface area contributed by atoms with E-state index in [9.17, 15) is 31.6 Å². The highest BCUT2D eigenvalue weighted by molar-refractivity contribution is 6.25. The van der Waals surface area contributed by atoms with Crippen molar-refractivity contribution in [1.29, 1.82) is 5.26 Å². The van der Waals surface area contributed by atoms with Crippen LogP contribution in [0.25, 0.3) is 121 Å². The van der Waals surface area contributed by atoms with Crippen LogP contribution in [0.1, 0.15) is 16.7 Å². The highest BCUT2D eigenvalue weighted by Crippen LogP contribution is 2.49. The number of fused-ring (bicyclic) bond motifs is 14. The van der Waals surface area contributed by atoms with Gasteiger partial charge in [0.05, 0.1) is 67.0 Å². The summed E-state index contributed by atoms with van der Waals surface area (Å²) in [6.07, 6.45) is -10.3. The van der Waals surface area contributed by atoms with Crippen molar-refractivity contribution in [2.75, 3.05) is 0 Å². The summed E-state index contributed by atoms with van der Waals surface area (Å²) in [6.45, 7) is 0. The molecule has 0 saturated heterocycles. The third kappa shape index (κ3) is 5.64. The van der Waals surface area contributed by atoms with E-state index in [0.717, 1.165) is 60.2 Å². The van der Waals surface area contributed by atoms with Gasteiger partial charge in [0.25, 0.3) is 0 Å². The topological polar surface area (TPSA) is 59.9 Å². The van der Waals surface area contributed by atoms with Crippen LogP contribution < -0.4 is 0 Å². The van der Waals surface area contributed by atoms with Crippen molar-refractivity contribution in [2.45, 2.75) is 12.4 Å². The lowest BCUT2D eigenvalue weighted by atomic mass is 9.90. The van der Waals surface area contributed by atoms with Gasteiger partial charge < -0.3 is 18.0 Å². The first kappa shape index (κ1) is 39.6. The molecule has 4 aromatic heterocycles. The number of alkyl halides is 6. The van der Waals surface area contributed by atoms with E-state index in [0.29, 0.717) is 62.4 Å². The average Bonchev–Trinajstić information content (AvgIpc) is 4.10. The maximum Gasteiger partial charge on any atom is 0.417 e. The van der Waals surface area contributed by atoms with E-state index in [4.69, 9.17) is 8.83 Å². The molecule has 0 radical (unpaired) electrons. The second kappa shape index (κ2) is 14.1. The molecular weight excluding hydrogens is 873 g/mol. The minimum atomic E-state index is -5.14. The van der Waals surface area contributed by atoms with Gasteiger partial charge in [-0.25, -0.2) is 0 Å².